The van der Waals surface area contributed by atoms with Crippen molar-refractivity contribution in [2.45, 2.75) is 45.7 Å². The summed E-state index contributed by atoms with van der Waals surface area (Å²) in [7, 11) is 2.14. The van der Waals surface area contributed by atoms with Gasteiger partial charge in [0, 0.05) is 35.4 Å². The minimum absolute atomic E-state index is 0.152. The van der Waals surface area contributed by atoms with E-state index in [2.05, 4.69) is 58.1 Å². The second kappa shape index (κ2) is 12.7. The number of hydrogen-bond donors (Lipinski definition) is 1. The molecule has 9 heteroatoms. The summed E-state index contributed by atoms with van der Waals surface area (Å²) in [6.07, 6.45) is 6.25. The molecule has 0 spiro atoms. The van der Waals surface area contributed by atoms with Crippen LogP contribution in [0.1, 0.15) is 54.0 Å². The molecule has 1 fully saturated rings. The van der Waals surface area contributed by atoms with Gasteiger partial charge in [0.25, 0.3) is 5.56 Å². The van der Waals surface area contributed by atoms with Crippen molar-refractivity contribution in [3.63, 3.8) is 0 Å². The summed E-state index contributed by atoms with van der Waals surface area (Å²) in [5, 5.41) is 12.4. The molecule has 44 heavy (non-hydrogen) atoms. The van der Waals surface area contributed by atoms with E-state index in [0.717, 1.165) is 47.5 Å². The summed E-state index contributed by atoms with van der Waals surface area (Å²) < 4.78 is 7.69. The summed E-state index contributed by atoms with van der Waals surface area (Å²) in [4.78, 5) is 25.5. The molecule has 6 rings (SSSR count). The second-order valence-corrected chi connectivity index (χ2v) is 11.6. The number of ether oxygens (including phenoxy) is 1. The topological polar surface area (TPSA) is 98.1 Å². The van der Waals surface area contributed by atoms with E-state index in [-0.39, 0.29) is 24.0 Å². The first-order valence-electron chi connectivity index (χ1n) is 14.8. The van der Waals surface area contributed by atoms with E-state index < -0.39 is 0 Å². The van der Waals surface area contributed by atoms with E-state index in [1.807, 2.05) is 55.5 Å². The van der Waals surface area contributed by atoms with Crippen LogP contribution in [0.15, 0.2) is 78.0 Å². The number of nitrogens with one attached hydrogen (secondary N) is 1. The number of likely N-dealkylation sites (N-methyl/N-ethyl adjacent to an activating group) is 1. The van der Waals surface area contributed by atoms with Crippen LogP contribution in [-0.2, 0) is 6.54 Å². The van der Waals surface area contributed by atoms with Gasteiger partial charge in [-0.3, -0.25) is 9.36 Å². The van der Waals surface area contributed by atoms with Crippen LogP contribution in [0.3, 0.4) is 0 Å². The van der Waals surface area contributed by atoms with Gasteiger partial charge in [0.1, 0.15) is 11.4 Å². The van der Waals surface area contributed by atoms with Gasteiger partial charge >= 0.3 is 6.01 Å². The molecule has 0 saturated carbocycles. The average Bonchev–Trinajstić information content (AvgIpc) is 3.43. The fourth-order valence-electron chi connectivity index (χ4n) is 5.47. The zero-order valence-corrected chi connectivity index (χ0v) is 25.4. The van der Waals surface area contributed by atoms with Crippen molar-refractivity contribution in [2.24, 2.45) is 0 Å². The number of aromatic nitrogens is 5. The first-order valence-corrected chi connectivity index (χ1v) is 14.8. The van der Waals surface area contributed by atoms with E-state index in [1.165, 1.54) is 0 Å². The second-order valence-electron chi connectivity index (χ2n) is 11.6. The van der Waals surface area contributed by atoms with Crippen molar-refractivity contribution in [3.05, 3.63) is 111 Å². The first kappa shape index (κ1) is 29.0. The normalized spacial score (nSPS) is 14.9. The van der Waals surface area contributed by atoms with Crippen LogP contribution in [0.25, 0.3) is 11.0 Å². The molecule has 222 valence electrons. The Hall–Kier alpha value is -5.07. The third-order valence-electron chi connectivity index (χ3n) is 7.91. The molecule has 3 aromatic heterocycles. The van der Waals surface area contributed by atoms with E-state index in [4.69, 9.17) is 9.72 Å². The van der Waals surface area contributed by atoms with Gasteiger partial charge in [-0.15, -0.1) is 0 Å². The fraction of sp³-hybridized carbons (Fsp3) is 0.286. The van der Waals surface area contributed by atoms with Crippen LogP contribution in [-0.4, -0.2) is 55.8 Å². The van der Waals surface area contributed by atoms with Gasteiger partial charge in [0.15, 0.2) is 0 Å². The molecule has 4 heterocycles. The van der Waals surface area contributed by atoms with Gasteiger partial charge in [-0.2, -0.15) is 15.2 Å². The third kappa shape index (κ3) is 6.46. The molecule has 0 aliphatic carbocycles. The number of nitrogens with zero attached hydrogens (tertiary/aromatic N) is 6. The minimum atomic E-state index is -0.247. The molecular weight excluding hydrogens is 550 g/mol. The maximum absolute atomic E-state index is 14.0. The minimum Gasteiger partial charge on any atom is -0.424 e. The highest BCUT2D eigenvalue weighted by Gasteiger charge is 2.19. The lowest BCUT2D eigenvalue weighted by Crippen LogP contribution is -2.25. The zero-order valence-electron chi connectivity index (χ0n) is 25.4. The Morgan fingerprint density at radius 1 is 1.02 bits per heavy atom. The molecule has 1 aliphatic rings. The monoisotopic (exact) mass is 585 g/mol. The SMILES string of the molecule is Cc1ccccc1C#Cc1cc2cnc(Oc3ccc(NC4CCN(C)C4)cc3)nc2n(Cc2cnncc2C(C)C)c1=O. The zero-order chi connectivity index (χ0) is 30.6. The van der Waals surface area contributed by atoms with Crippen LogP contribution in [0.5, 0.6) is 11.8 Å². The van der Waals surface area contributed by atoms with Crippen LogP contribution < -0.4 is 15.6 Å². The number of pyridine rings is 1. The molecule has 1 atom stereocenters. The maximum Gasteiger partial charge on any atom is 0.323 e. The number of anilines is 1. The van der Waals surface area contributed by atoms with Gasteiger partial charge in [0.05, 0.1) is 24.5 Å². The molecule has 9 nitrogen and oxygen atoms in total. The lowest BCUT2D eigenvalue weighted by molar-refractivity contribution is 0.414. The van der Waals surface area contributed by atoms with E-state index >= 15 is 0 Å². The maximum atomic E-state index is 14.0. The van der Waals surface area contributed by atoms with Gasteiger partial charge < -0.3 is 15.0 Å². The summed E-state index contributed by atoms with van der Waals surface area (Å²) >= 11 is 0. The summed E-state index contributed by atoms with van der Waals surface area (Å²) in [5.41, 5.74) is 5.43. The van der Waals surface area contributed by atoms with Crippen LogP contribution in [0, 0.1) is 18.8 Å². The van der Waals surface area contributed by atoms with E-state index in [9.17, 15) is 4.79 Å². The molecule has 5 aromatic rings. The van der Waals surface area contributed by atoms with Crippen LogP contribution in [0.4, 0.5) is 5.69 Å². The van der Waals surface area contributed by atoms with E-state index in [1.54, 1.807) is 29.2 Å². The standard InChI is InChI=1S/C35H35N7O2/c1-23(2)32-20-38-37-19-28(32)21-42-33-27(17-26(34(42)43)10-9-25-8-6-5-7-24(25)3)18-36-35(40-33)44-31-13-11-29(12-14-31)39-30-15-16-41(4)22-30/h5-8,11-14,17-20,23,30,39H,15-16,21-22H2,1-4H3. The van der Waals surface area contributed by atoms with Crippen LogP contribution >= 0.6 is 0 Å². The summed E-state index contributed by atoms with van der Waals surface area (Å²) in [6.45, 7) is 8.56. The third-order valence-corrected chi connectivity index (χ3v) is 7.91. The average molecular weight is 586 g/mol. The smallest absolute Gasteiger partial charge is 0.323 e. The predicted molar refractivity (Wildman–Crippen MR) is 172 cm³/mol. The number of benzene rings is 2. The molecule has 1 N–H and O–H groups in total. The van der Waals surface area contributed by atoms with Gasteiger partial charge in [-0.25, -0.2) is 4.98 Å². The summed E-state index contributed by atoms with van der Waals surface area (Å²) in [6, 6.07) is 18.0. The Morgan fingerprint density at radius 3 is 2.55 bits per heavy atom. The number of fused-ring (bicyclic) bond motifs is 1. The van der Waals surface area contributed by atoms with Crippen molar-refractivity contribution in [3.8, 4) is 23.6 Å². The van der Waals surface area contributed by atoms with Crippen LogP contribution in [0.2, 0.25) is 0 Å². The Kier molecular flexibility index (Phi) is 8.35. The van der Waals surface area contributed by atoms with Gasteiger partial charge in [0.2, 0.25) is 0 Å². The van der Waals surface area contributed by atoms with Crippen molar-refractivity contribution >= 4 is 16.7 Å². The number of hydrogen-bond acceptors (Lipinski definition) is 8. The highest BCUT2D eigenvalue weighted by Crippen LogP contribution is 2.24. The molecule has 1 unspecified atom stereocenters. The highest BCUT2D eigenvalue weighted by atomic mass is 16.5. The Balaban J connectivity index is 1.36. The Labute approximate surface area is 257 Å². The lowest BCUT2D eigenvalue weighted by Gasteiger charge is -2.15. The molecule has 0 amide bonds. The lowest BCUT2D eigenvalue weighted by atomic mass is 10.0. The molecular formula is C35H35N7O2. The predicted octanol–water partition coefficient (Wildman–Crippen LogP) is 5.37. The fourth-order valence-corrected chi connectivity index (χ4v) is 5.47. The quantitative estimate of drug-likeness (QED) is 0.255. The highest BCUT2D eigenvalue weighted by molar-refractivity contribution is 5.76. The van der Waals surface area contributed by atoms with Gasteiger partial charge in [-0.1, -0.05) is 43.9 Å². The van der Waals surface area contributed by atoms with Crippen molar-refractivity contribution < 1.29 is 4.74 Å². The first-order chi connectivity index (χ1) is 21.3. The Bertz CT molecular complexity index is 1920. The van der Waals surface area contributed by atoms with Gasteiger partial charge in [-0.05, 0) is 85.9 Å². The number of rotatable bonds is 7. The molecule has 2 aromatic carbocycles. The Morgan fingerprint density at radius 2 is 1.80 bits per heavy atom. The number of aryl methyl sites for hydroxylation is 1. The van der Waals surface area contributed by atoms with Crippen molar-refractivity contribution in [2.75, 3.05) is 25.5 Å². The largest absolute Gasteiger partial charge is 0.424 e. The molecule has 0 radical (unpaired) electrons. The van der Waals surface area contributed by atoms with Crippen molar-refractivity contribution in [1.82, 2.24) is 29.6 Å². The molecule has 0 bridgehead atoms. The summed E-state index contributed by atoms with van der Waals surface area (Å²) in [5.74, 6) is 7.08. The molecule has 1 saturated heterocycles. The van der Waals surface area contributed by atoms with E-state index in [0.29, 0.717) is 28.4 Å². The molecule has 1 aliphatic heterocycles. The number of likely N-dealkylation sites (tertiary alicyclic amines) is 1. The van der Waals surface area contributed by atoms with Crippen molar-refractivity contribution in [1.29, 1.82) is 0 Å².